The Kier molecular flexibility index (Phi) is 4.50. The van der Waals surface area contributed by atoms with Gasteiger partial charge in [0.15, 0.2) is 6.10 Å². The second kappa shape index (κ2) is 6.56. The van der Waals surface area contributed by atoms with E-state index in [1.807, 2.05) is 30.3 Å². The Labute approximate surface area is 159 Å². The molecule has 140 valence electrons. The highest BCUT2D eigenvalue weighted by molar-refractivity contribution is 6.24. The summed E-state index contributed by atoms with van der Waals surface area (Å²) in [6.45, 7) is 2.08. The lowest BCUT2D eigenvalue weighted by molar-refractivity contribution is -0.177. The molecule has 0 spiro atoms. The lowest BCUT2D eigenvalue weighted by Gasteiger charge is -2.58. The van der Waals surface area contributed by atoms with Crippen molar-refractivity contribution in [2.75, 3.05) is 0 Å². The molecule has 0 radical (unpaired) electrons. The maximum atomic E-state index is 13.0. The van der Waals surface area contributed by atoms with Crippen LogP contribution in [-0.2, 0) is 20.9 Å². The first-order valence-electron chi connectivity index (χ1n) is 9.59. The third-order valence-corrected chi connectivity index (χ3v) is 6.83. The summed E-state index contributed by atoms with van der Waals surface area (Å²) < 4.78 is 5.62. The van der Waals surface area contributed by atoms with Crippen molar-refractivity contribution in [3.8, 4) is 0 Å². The standard InChI is InChI=1S/C21H26ClNO3/c1-14(18(24)23-12-15-5-3-2-4-6-15)26-19(25)20-8-16-7-17(9-20)11-21(22,10-16)13-20/h2-6,14,16-17H,7-13H2,1H3,(H,23,24)/t14-,16-,17+,20?,21?/m0/s1. The first-order valence-corrected chi connectivity index (χ1v) is 9.97. The van der Waals surface area contributed by atoms with Crippen LogP contribution in [0.5, 0.6) is 0 Å². The van der Waals surface area contributed by atoms with E-state index in [4.69, 9.17) is 16.3 Å². The summed E-state index contributed by atoms with van der Waals surface area (Å²) in [7, 11) is 0. The smallest absolute Gasteiger partial charge is 0.312 e. The Morgan fingerprint density at radius 1 is 1.19 bits per heavy atom. The average Bonchev–Trinajstić information content (AvgIpc) is 2.58. The van der Waals surface area contributed by atoms with E-state index in [0.29, 0.717) is 24.8 Å². The van der Waals surface area contributed by atoms with Gasteiger partial charge >= 0.3 is 5.97 Å². The van der Waals surface area contributed by atoms with Gasteiger partial charge in [0.2, 0.25) is 0 Å². The summed E-state index contributed by atoms with van der Waals surface area (Å²) >= 11 is 6.79. The highest BCUT2D eigenvalue weighted by atomic mass is 35.5. The largest absolute Gasteiger partial charge is 0.452 e. The van der Waals surface area contributed by atoms with Crippen LogP contribution in [0.2, 0.25) is 0 Å². The summed E-state index contributed by atoms with van der Waals surface area (Å²) in [5, 5.41) is 2.84. The van der Waals surface area contributed by atoms with Crippen LogP contribution in [0.4, 0.5) is 0 Å². The summed E-state index contributed by atoms with van der Waals surface area (Å²) in [6, 6.07) is 9.70. The molecule has 0 aliphatic heterocycles. The van der Waals surface area contributed by atoms with E-state index in [9.17, 15) is 9.59 Å². The lowest BCUT2D eigenvalue weighted by Crippen LogP contribution is -2.57. The van der Waals surface area contributed by atoms with Crippen LogP contribution in [0.15, 0.2) is 30.3 Å². The zero-order chi connectivity index (χ0) is 18.4. The third-order valence-electron chi connectivity index (χ3n) is 6.39. The van der Waals surface area contributed by atoms with Crippen LogP contribution in [-0.4, -0.2) is 22.9 Å². The summed E-state index contributed by atoms with van der Waals surface area (Å²) in [4.78, 5) is 25.1. The molecule has 5 heteroatoms. The van der Waals surface area contributed by atoms with Gasteiger partial charge in [-0.25, -0.2) is 0 Å². The van der Waals surface area contributed by atoms with E-state index in [2.05, 4.69) is 5.32 Å². The molecule has 4 aliphatic carbocycles. The fourth-order valence-electron chi connectivity index (χ4n) is 5.66. The average molecular weight is 376 g/mol. The SMILES string of the molecule is C[C@H](OC(=O)C12C[C@@H]3C[C@@H](CC(Cl)(C3)C1)C2)C(=O)NCc1ccccc1. The van der Waals surface area contributed by atoms with Gasteiger partial charge in [0.25, 0.3) is 5.91 Å². The van der Waals surface area contributed by atoms with E-state index in [1.54, 1.807) is 6.92 Å². The zero-order valence-corrected chi connectivity index (χ0v) is 15.9. The fourth-order valence-corrected chi connectivity index (χ4v) is 6.35. The molecule has 4 nitrogen and oxygen atoms in total. The van der Waals surface area contributed by atoms with Gasteiger partial charge in [-0.3, -0.25) is 9.59 Å². The molecule has 0 saturated heterocycles. The number of benzene rings is 1. The van der Waals surface area contributed by atoms with Crippen molar-refractivity contribution in [2.45, 2.75) is 63.0 Å². The molecule has 1 N–H and O–H groups in total. The fraction of sp³-hybridized carbons (Fsp3) is 0.619. The molecule has 5 atom stereocenters. The first-order chi connectivity index (χ1) is 12.4. The van der Waals surface area contributed by atoms with Crippen LogP contribution < -0.4 is 5.32 Å². The zero-order valence-electron chi connectivity index (χ0n) is 15.2. The Hall–Kier alpha value is -1.55. The maximum Gasteiger partial charge on any atom is 0.312 e. The van der Waals surface area contributed by atoms with Gasteiger partial charge in [0, 0.05) is 11.4 Å². The molecule has 1 amide bonds. The second-order valence-corrected chi connectivity index (χ2v) is 9.44. The van der Waals surface area contributed by atoms with Gasteiger partial charge < -0.3 is 10.1 Å². The Morgan fingerprint density at radius 2 is 1.85 bits per heavy atom. The highest BCUT2D eigenvalue weighted by Crippen LogP contribution is 2.64. The van der Waals surface area contributed by atoms with Gasteiger partial charge in [-0.1, -0.05) is 30.3 Å². The van der Waals surface area contributed by atoms with Crippen molar-refractivity contribution >= 4 is 23.5 Å². The lowest BCUT2D eigenvalue weighted by atomic mass is 9.49. The van der Waals surface area contributed by atoms with Crippen LogP contribution in [0.1, 0.15) is 51.0 Å². The molecule has 0 aromatic heterocycles. The topological polar surface area (TPSA) is 55.4 Å². The van der Waals surface area contributed by atoms with Crippen LogP contribution in [0, 0.1) is 17.3 Å². The van der Waals surface area contributed by atoms with Crippen molar-refractivity contribution in [1.29, 1.82) is 0 Å². The van der Waals surface area contributed by atoms with Crippen molar-refractivity contribution in [3.63, 3.8) is 0 Å². The molecule has 4 saturated carbocycles. The number of nitrogens with one attached hydrogen (secondary N) is 1. The van der Waals surface area contributed by atoms with E-state index < -0.39 is 11.5 Å². The van der Waals surface area contributed by atoms with Gasteiger partial charge in [-0.2, -0.15) is 0 Å². The number of esters is 1. The number of alkyl halides is 1. The predicted octanol–water partition coefficient (Wildman–Crippen LogP) is 3.81. The van der Waals surface area contributed by atoms with E-state index in [0.717, 1.165) is 31.2 Å². The molecule has 1 aromatic rings. The normalized spacial score (nSPS) is 35.8. The summed E-state index contributed by atoms with van der Waals surface area (Å²) in [6.07, 6.45) is 4.89. The quantitative estimate of drug-likeness (QED) is 0.628. The molecule has 4 fully saturated rings. The van der Waals surface area contributed by atoms with Gasteiger partial charge in [0.1, 0.15) is 0 Å². The highest BCUT2D eigenvalue weighted by Gasteiger charge is 2.61. The van der Waals surface area contributed by atoms with Crippen molar-refractivity contribution in [2.24, 2.45) is 17.3 Å². The third kappa shape index (κ3) is 3.36. The minimum absolute atomic E-state index is 0.223. The number of ether oxygens (including phenoxy) is 1. The van der Waals surface area contributed by atoms with Crippen molar-refractivity contribution in [3.05, 3.63) is 35.9 Å². The Balaban J connectivity index is 1.36. The van der Waals surface area contributed by atoms with Crippen LogP contribution >= 0.6 is 11.6 Å². The van der Waals surface area contributed by atoms with Crippen molar-refractivity contribution in [1.82, 2.24) is 5.32 Å². The molecule has 0 heterocycles. The van der Waals surface area contributed by atoms with E-state index >= 15 is 0 Å². The monoisotopic (exact) mass is 375 g/mol. The number of carbonyl (C=O) groups excluding carboxylic acids is 2. The molecular weight excluding hydrogens is 350 g/mol. The number of carbonyl (C=O) groups is 2. The summed E-state index contributed by atoms with van der Waals surface area (Å²) in [5.41, 5.74) is 0.546. The van der Waals surface area contributed by atoms with Gasteiger partial charge in [0.05, 0.1) is 5.41 Å². The first kappa shape index (κ1) is 17.8. The second-order valence-electron chi connectivity index (χ2n) is 8.64. The van der Waals surface area contributed by atoms with E-state index in [1.165, 1.54) is 6.42 Å². The Morgan fingerprint density at radius 3 is 2.46 bits per heavy atom. The predicted molar refractivity (Wildman–Crippen MR) is 99.5 cm³/mol. The number of amides is 1. The van der Waals surface area contributed by atoms with Crippen LogP contribution in [0.3, 0.4) is 0 Å². The number of hydrogen-bond donors (Lipinski definition) is 1. The number of rotatable bonds is 5. The van der Waals surface area contributed by atoms with Gasteiger partial charge in [-0.15, -0.1) is 11.6 Å². The molecule has 26 heavy (non-hydrogen) atoms. The molecule has 1 aromatic carbocycles. The minimum atomic E-state index is -0.787. The molecule has 5 rings (SSSR count). The molecule has 4 aliphatic rings. The molecule has 2 unspecified atom stereocenters. The van der Waals surface area contributed by atoms with Crippen LogP contribution in [0.25, 0.3) is 0 Å². The summed E-state index contributed by atoms with van der Waals surface area (Å²) in [5.74, 6) is 0.582. The Bertz CT molecular complexity index is 690. The molecule has 4 bridgehead atoms. The van der Waals surface area contributed by atoms with Gasteiger partial charge in [-0.05, 0) is 62.8 Å². The van der Waals surface area contributed by atoms with E-state index in [-0.39, 0.29) is 16.8 Å². The van der Waals surface area contributed by atoms with Crippen molar-refractivity contribution < 1.29 is 14.3 Å². The molecular formula is C21H26ClNO3. The minimum Gasteiger partial charge on any atom is -0.452 e. The number of halogens is 1. The number of hydrogen-bond acceptors (Lipinski definition) is 3. The maximum absolute atomic E-state index is 13.0.